The molecule has 0 radical (unpaired) electrons. The number of hydrogen-bond donors (Lipinski definition) is 0. The first kappa shape index (κ1) is 17.1. The Hall–Kier alpha value is -1.69. The van der Waals surface area contributed by atoms with Crippen molar-refractivity contribution in [3.63, 3.8) is 0 Å². The fourth-order valence-corrected chi connectivity index (χ4v) is 7.41. The molecular weight excluding hydrogens is 375 g/mol. The number of rotatable bonds is 6. The molecular formula is C22H21BrP+. The van der Waals surface area contributed by atoms with E-state index in [1.54, 1.807) is 0 Å². The average molecular weight is 396 g/mol. The van der Waals surface area contributed by atoms with Gasteiger partial charge in [-0.05, 0) is 42.5 Å². The molecule has 0 unspecified atom stereocenters. The van der Waals surface area contributed by atoms with Crippen LogP contribution >= 0.6 is 23.2 Å². The Morgan fingerprint density at radius 1 is 0.583 bits per heavy atom. The van der Waals surface area contributed by atoms with Crippen molar-refractivity contribution in [2.24, 2.45) is 0 Å². The van der Waals surface area contributed by atoms with Crippen molar-refractivity contribution < 1.29 is 0 Å². The molecule has 0 nitrogen and oxygen atoms in total. The van der Waals surface area contributed by atoms with Crippen molar-refractivity contribution in [2.75, 3.05) is 11.5 Å². The Labute approximate surface area is 153 Å². The largest absolute Gasteiger partial charge is 0.115 e. The second-order valence-corrected chi connectivity index (χ2v) is 9.81. The van der Waals surface area contributed by atoms with Crippen LogP contribution in [0.5, 0.6) is 0 Å². The smallest absolute Gasteiger partial charge is 0.0883 e. The summed E-state index contributed by atoms with van der Waals surface area (Å²) >= 11 is 3.51. The molecule has 120 valence electrons. The maximum Gasteiger partial charge on any atom is 0.115 e. The number of alkyl halides is 1. The van der Waals surface area contributed by atoms with Gasteiger partial charge < -0.3 is 0 Å². The van der Waals surface area contributed by atoms with Gasteiger partial charge in [0.15, 0.2) is 0 Å². The zero-order chi connectivity index (χ0) is 16.7. The third kappa shape index (κ3) is 3.53. The molecule has 0 saturated carbocycles. The van der Waals surface area contributed by atoms with E-state index in [9.17, 15) is 0 Å². The highest BCUT2D eigenvalue weighted by Gasteiger charge is 2.43. The summed E-state index contributed by atoms with van der Waals surface area (Å²) in [6.07, 6.45) is 5.58. The lowest BCUT2D eigenvalue weighted by Crippen LogP contribution is -2.32. The SMILES string of the molecule is BrCC=CC[P+](c1ccccc1)(c1ccccc1)c1ccccc1. The number of benzene rings is 3. The molecule has 0 atom stereocenters. The van der Waals surface area contributed by atoms with Crippen molar-refractivity contribution in [2.45, 2.75) is 0 Å². The normalized spacial score (nSPS) is 11.7. The van der Waals surface area contributed by atoms with Crippen LogP contribution in [-0.2, 0) is 0 Å². The highest BCUT2D eigenvalue weighted by Crippen LogP contribution is 2.55. The molecule has 3 rings (SSSR count). The van der Waals surface area contributed by atoms with Gasteiger partial charge in [-0.15, -0.1) is 0 Å². The molecule has 0 N–H and O–H groups in total. The lowest BCUT2D eigenvalue weighted by Gasteiger charge is -2.26. The van der Waals surface area contributed by atoms with Crippen LogP contribution in [-0.4, -0.2) is 11.5 Å². The van der Waals surface area contributed by atoms with Crippen molar-refractivity contribution in [1.82, 2.24) is 0 Å². The highest BCUT2D eigenvalue weighted by atomic mass is 79.9. The molecule has 0 aliphatic rings. The van der Waals surface area contributed by atoms with E-state index < -0.39 is 7.26 Å². The third-order valence-electron chi connectivity index (χ3n) is 4.23. The zero-order valence-corrected chi connectivity index (χ0v) is 16.0. The van der Waals surface area contributed by atoms with Gasteiger partial charge in [0.1, 0.15) is 23.2 Å². The van der Waals surface area contributed by atoms with E-state index in [0.717, 1.165) is 11.5 Å². The fourth-order valence-electron chi connectivity index (χ4n) is 3.11. The molecule has 0 saturated heterocycles. The molecule has 0 aromatic heterocycles. The summed E-state index contributed by atoms with van der Waals surface area (Å²) in [4.78, 5) is 0. The van der Waals surface area contributed by atoms with Crippen LogP contribution in [0.1, 0.15) is 0 Å². The van der Waals surface area contributed by atoms with E-state index in [2.05, 4.69) is 119 Å². The second kappa shape index (κ2) is 8.42. The van der Waals surface area contributed by atoms with Crippen LogP contribution < -0.4 is 15.9 Å². The minimum absolute atomic E-state index is 0.894. The van der Waals surface area contributed by atoms with Crippen LogP contribution in [0.25, 0.3) is 0 Å². The molecule has 0 heterocycles. The Morgan fingerprint density at radius 3 is 1.29 bits per heavy atom. The van der Waals surface area contributed by atoms with Gasteiger partial charge in [0.05, 0.1) is 6.16 Å². The van der Waals surface area contributed by atoms with Gasteiger partial charge >= 0.3 is 0 Å². The Morgan fingerprint density at radius 2 is 0.958 bits per heavy atom. The maximum absolute atomic E-state index is 3.51. The van der Waals surface area contributed by atoms with E-state index in [-0.39, 0.29) is 0 Å². The molecule has 0 amide bonds. The Bertz CT molecular complexity index is 670. The minimum Gasteiger partial charge on any atom is -0.0883 e. The lowest BCUT2D eigenvalue weighted by molar-refractivity contribution is 1.62. The van der Waals surface area contributed by atoms with Gasteiger partial charge in [-0.2, -0.15) is 0 Å². The summed E-state index contributed by atoms with van der Waals surface area (Å²) in [5.41, 5.74) is 0. The highest BCUT2D eigenvalue weighted by molar-refractivity contribution is 9.09. The summed E-state index contributed by atoms with van der Waals surface area (Å²) in [5.74, 6) is 0. The first-order chi connectivity index (χ1) is 11.9. The van der Waals surface area contributed by atoms with Gasteiger partial charge in [0, 0.05) is 5.33 Å². The van der Waals surface area contributed by atoms with Crippen LogP contribution in [0.4, 0.5) is 0 Å². The van der Waals surface area contributed by atoms with Gasteiger partial charge in [-0.1, -0.05) is 76.6 Å². The molecule has 0 aliphatic heterocycles. The van der Waals surface area contributed by atoms with E-state index in [4.69, 9.17) is 0 Å². The van der Waals surface area contributed by atoms with Crippen LogP contribution in [0.15, 0.2) is 103 Å². The predicted octanol–water partition coefficient (Wildman–Crippen LogP) is 4.93. The van der Waals surface area contributed by atoms with E-state index in [0.29, 0.717) is 0 Å². The maximum atomic E-state index is 3.51. The molecule has 3 aromatic carbocycles. The third-order valence-corrected chi connectivity index (χ3v) is 8.90. The van der Waals surface area contributed by atoms with E-state index in [1.165, 1.54) is 15.9 Å². The molecule has 0 bridgehead atoms. The Balaban J connectivity index is 2.26. The monoisotopic (exact) mass is 395 g/mol. The summed E-state index contributed by atoms with van der Waals surface area (Å²) in [6.45, 7) is 0. The lowest BCUT2D eigenvalue weighted by atomic mass is 10.4. The van der Waals surface area contributed by atoms with Gasteiger partial charge in [0.2, 0.25) is 0 Å². The number of hydrogen-bond acceptors (Lipinski definition) is 0. The number of allylic oxidation sites excluding steroid dienone is 2. The van der Waals surface area contributed by atoms with Gasteiger partial charge in [0.25, 0.3) is 0 Å². The quantitative estimate of drug-likeness (QED) is 0.315. The average Bonchev–Trinajstić information content (AvgIpc) is 2.68. The molecule has 2 heteroatoms. The second-order valence-electron chi connectivity index (χ2n) is 5.62. The van der Waals surface area contributed by atoms with Crippen LogP contribution in [0.3, 0.4) is 0 Å². The van der Waals surface area contributed by atoms with Crippen LogP contribution in [0.2, 0.25) is 0 Å². The first-order valence-corrected chi connectivity index (χ1v) is 11.2. The van der Waals surface area contributed by atoms with Gasteiger partial charge in [-0.3, -0.25) is 0 Å². The van der Waals surface area contributed by atoms with E-state index in [1.807, 2.05) is 0 Å². The summed E-state index contributed by atoms with van der Waals surface area (Å²) in [5, 5.41) is 5.19. The van der Waals surface area contributed by atoms with Crippen molar-refractivity contribution >= 4 is 39.1 Å². The summed E-state index contributed by atoms with van der Waals surface area (Å²) in [6, 6.07) is 33.0. The zero-order valence-electron chi connectivity index (χ0n) is 13.6. The fraction of sp³-hybridized carbons (Fsp3) is 0.0909. The van der Waals surface area contributed by atoms with E-state index >= 15 is 0 Å². The minimum atomic E-state index is -1.69. The van der Waals surface area contributed by atoms with Crippen molar-refractivity contribution in [3.05, 3.63) is 103 Å². The molecule has 24 heavy (non-hydrogen) atoms. The van der Waals surface area contributed by atoms with Crippen molar-refractivity contribution in [3.8, 4) is 0 Å². The topological polar surface area (TPSA) is 0 Å². The molecule has 0 fully saturated rings. The summed E-state index contributed by atoms with van der Waals surface area (Å²) < 4.78 is 0. The van der Waals surface area contributed by atoms with Crippen LogP contribution in [0, 0.1) is 0 Å². The molecule has 3 aromatic rings. The Kier molecular flexibility index (Phi) is 6.01. The molecule has 0 spiro atoms. The standard InChI is InChI=1S/C22H21BrP/c23-18-10-11-19-24(20-12-4-1-5-13-20,21-14-6-2-7-15-21)22-16-8-3-9-17-22/h1-17H,18-19H2/q+1. The molecule has 0 aliphatic carbocycles. The first-order valence-electron chi connectivity index (χ1n) is 8.14. The van der Waals surface area contributed by atoms with Crippen molar-refractivity contribution in [1.29, 1.82) is 0 Å². The summed E-state index contributed by atoms with van der Waals surface area (Å²) in [7, 11) is -1.69. The van der Waals surface area contributed by atoms with Gasteiger partial charge in [-0.25, -0.2) is 0 Å². The number of halogens is 1. The predicted molar refractivity (Wildman–Crippen MR) is 113 cm³/mol.